The van der Waals surface area contributed by atoms with E-state index in [2.05, 4.69) is 15.2 Å². The summed E-state index contributed by atoms with van der Waals surface area (Å²) in [6.45, 7) is 0. The Morgan fingerprint density at radius 2 is 1.65 bits per heavy atom. The molecule has 0 aliphatic heterocycles. The van der Waals surface area contributed by atoms with Gasteiger partial charge in [-0.05, 0) is 48.2 Å². The lowest BCUT2D eigenvalue weighted by molar-refractivity contribution is -0.131. The maximum absolute atomic E-state index is 11.8. The van der Waals surface area contributed by atoms with Gasteiger partial charge >= 0.3 is 5.97 Å². The van der Waals surface area contributed by atoms with E-state index < -0.39 is 5.97 Å². The van der Waals surface area contributed by atoms with E-state index in [1.165, 1.54) is 20.3 Å². The number of ether oxygens (including phenoxy) is 4. The minimum absolute atomic E-state index is 0.0142. The maximum Gasteiger partial charge on any atom is 0.342 e. The quantitative estimate of drug-likeness (QED) is 0.377. The van der Waals surface area contributed by atoms with Crippen LogP contribution in [0.4, 0.5) is 0 Å². The molecule has 0 amide bonds. The largest absolute Gasteiger partial charge is 0.497 e. The van der Waals surface area contributed by atoms with Crippen molar-refractivity contribution in [1.29, 1.82) is 0 Å². The number of benzene rings is 2. The van der Waals surface area contributed by atoms with E-state index in [4.69, 9.17) is 18.9 Å². The molecule has 1 aromatic heterocycles. The van der Waals surface area contributed by atoms with Crippen molar-refractivity contribution in [3.05, 3.63) is 46.9 Å². The molecule has 0 unspecified atom stereocenters. The molecule has 3 rings (SSSR count). The van der Waals surface area contributed by atoms with Gasteiger partial charge in [0.25, 0.3) is 0 Å². The molecule has 0 radical (unpaired) electrons. The van der Waals surface area contributed by atoms with E-state index in [0.717, 1.165) is 11.8 Å². The number of carbonyl (C=O) groups is 1. The zero-order chi connectivity index (χ0) is 22.4. The summed E-state index contributed by atoms with van der Waals surface area (Å²) in [5.74, 6) is 1.60. The van der Waals surface area contributed by atoms with Crippen molar-refractivity contribution < 1.29 is 28.8 Å². The van der Waals surface area contributed by atoms with Crippen molar-refractivity contribution in [1.82, 2.24) is 15.2 Å². The molecule has 0 saturated heterocycles. The Hall–Kier alpha value is -3.66. The monoisotopic (exact) mass is 443 g/mol. The lowest BCUT2D eigenvalue weighted by Crippen LogP contribution is -1.98. The first kappa shape index (κ1) is 22.0. The van der Waals surface area contributed by atoms with Crippen LogP contribution in [0.1, 0.15) is 5.56 Å². The van der Waals surface area contributed by atoms with Gasteiger partial charge in [0.15, 0.2) is 5.82 Å². The van der Waals surface area contributed by atoms with Crippen molar-refractivity contribution in [2.75, 3.05) is 28.4 Å². The first-order valence-corrected chi connectivity index (χ1v) is 9.79. The summed E-state index contributed by atoms with van der Waals surface area (Å²) in [6.07, 6.45) is 1.49. The molecule has 3 aromatic rings. The number of methoxy groups -OCH3 is 4. The number of aromatic nitrogens is 3. The number of hydrogen-bond acceptors (Lipinski definition) is 8. The summed E-state index contributed by atoms with van der Waals surface area (Å²) in [4.78, 5) is 16.3. The highest BCUT2D eigenvalue weighted by atomic mass is 32.2. The fourth-order valence-electron chi connectivity index (χ4n) is 2.69. The van der Waals surface area contributed by atoms with Crippen molar-refractivity contribution in [3.8, 4) is 34.4 Å². The van der Waals surface area contributed by atoms with Gasteiger partial charge in [-0.25, -0.2) is 9.78 Å². The number of thioether (sulfide) groups is 1. The third-order valence-corrected chi connectivity index (χ3v) is 5.10. The van der Waals surface area contributed by atoms with Crippen molar-refractivity contribution in [3.63, 3.8) is 0 Å². The predicted octanol–water partition coefficient (Wildman–Crippen LogP) is 3.72. The van der Waals surface area contributed by atoms with Crippen LogP contribution in [-0.4, -0.2) is 54.7 Å². The number of aromatic amines is 1. The minimum Gasteiger partial charge on any atom is -0.497 e. The van der Waals surface area contributed by atoms with Crippen LogP contribution in [-0.2, 0) is 4.79 Å². The van der Waals surface area contributed by atoms with Gasteiger partial charge in [0, 0.05) is 17.2 Å². The smallest absolute Gasteiger partial charge is 0.342 e. The van der Waals surface area contributed by atoms with Crippen molar-refractivity contribution in [2.24, 2.45) is 0 Å². The highest BCUT2D eigenvalue weighted by Crippen LogP contribution is 2.33. The topological polar surface area (TPSA) is 116 Å². The Balaban J connectivity index is 1.92. The molecule has 162 valence electrons. The molecular weight excluding hydrogens is 422 g/mol. The normalized spacial score (nSPS) is 11.2. The fourth-order valence-corrected chi connectivity index (χ4v) is 3.39. The van der Waals surface area contributed by atoms with Gasteiger partial charge in [0.1, 0.15) is 27.9 Å². The highest BCUT2D eigenvalue weighted by Gasteiger charge is 2.16. The van der Waals surface area contributed by atoms with E-state index >= 15 is 0 Å². The zero-order valence-corrected chi connectivity index (χ0v) is 18.1. The third kappa shape index (κ3) is 5.28. The van der Waals surface area contributed by atoms with Crippen LogP contribution in [0, 0.1) is 0 Å². The molecule has 10 heteroatoms. The first-order valence-electron chi connectivity index (χ1n) is 8.98. The molecular formula is C21H21N3O6S. The number of carboxylic acids is 1. The second kappa shape index (κ2) is 9.90. The lowest BCUT2D eigenvalue weighted by Gasteiger charge is -2.08. The van der Waals surface area contributed by atoms with Gasteiger partial charge < -0.3 is 24.1 Å². The van der Waals surface area contributed by atoms with Gasteiger partial charge in [0.05, 0.1) is 28.4 Å². The summed E-state index contributed by atoms with van der Waals surface area (Å²) < 4.78 is 21.1. The predicted molar refractivity (Wildman–Crippen MR) is 116 cm³/mol. The molecule has 2 aromatic carbocycles. The van der Waals surface area contributed by atoms with Crippen LogP contribution in [0.3, 0.4) is 0 Å². The van der Waals surface area contributed by atoms with Gasteiger partial charge in [-0.1, -0.05) is 0 Å². The van der Waals surface area contributed by atoms with Crippen LogP contribution < -0.4 is 18.9 Å². The molecule has 1 heterocycles. The standard InChI is InChI=1S/C21H21N3O6S/c1-27-14-5-6-17(30-4)12(7-14)10-18(20(25)26)31-21-22-19(23-24-21)13-8-15(28-2)11-16(9-13)29-3/h5-11H,1-4H3,(H,25,26)(H,22,23,24)/b18-10-. The number of carboxylic acid groups (broad SMARTS) is 1. The first-order chi connectivity index (χ1) is 15.0. The van der Waals surface area contributed by atoms with Gasteiger partial charge in [-0.15, -0.1) is 5.10 Å². The SMILES string of the molecule is COc1cc(OC)cc(-c2nc(S/C(=C\c3cc(OC)ccc3OC)C(=O)O)n[nH]2)c1. The molecule has 0 saturated carbocycles. The maximum atomic E-state index is 11.8. The number of hydrogen-bond donors (Lipinski definition) is 2. The van der Waals surface area contributed by atoms with E-state index in [9.17, 15) is 9.90 Å². The average Bonchev–Trinajstić information content (AvgIpc) is 3.26. The van der Waals surface area contributed by atoms with Crippen LogP contribution >= 0.6 is 11.8 Å². The minimum atomic E-state index is -1.12. The van der Waals surface area contributed by atoms with Gasteiger partial charge in [0.2, 0.25) is 5.16 Å². The Bertz CT molecular complexity index is 1090. The number of H-pyrrole nitrogens is 1. The molecule has 31 heavy (non-hydrogen) atoms. The summed E-state index contributed by atoms with van der Waals surface area (Å²) in [6, 6.07) is 10.4. The Morgan fingerprint density at radius 3 is 2.23 bits per heavy atom. The second-order valence-corrected chi connectivity index (χ2v) is 7.10. The van der Waals surface area contributed by atoms with Crippen molar-refractivity contribution in [2.45, 2.75) is 5.16 Å². The van der Waals surface area contributed by atoms with E-state index in [-0.39, 0.29) is 10.1 Å². The molecule has 0 bridgehead atoms. The Labute approximate surface area is 183 Å². The summed E-state index contributed by atoms with van der Waals surface area (Å²) in [7, 11) is 6.15. The molecule has 9 nitrogen and oxygen atoms in total. The van der Waals surface area contributed by atoms with Crippen molar-refractivity contribution >= 4 is 23.8 Å². The zero-order valence-electron chi connectivity index (χ0n) is 17.3. The Morgan fingerprint density at radius 1 is 0.968 bits per heavy atom. The highest BCUT2D eigenvalue weighted by molar-refractivity contribution is 8.04. The number of nitrogens with one attached hydrogen (secondary N) is 1. The van der Waals surface area contributed by atoms with E-state index in [1.54, 1.807) is 50.6 Å². The Kier molecular flexibility index (Phi) is 7.03. The van der Waals surface area contributed by atoms with E-state index in [1.807, 2.05) is 0 Å². The number of nitrogens with zero attached hydrogens (tertiary/aromatic N) is 2. The van der Waals surface area contributed by atoms with Crippen LogP contribution in [0.2, 0.25) is 0 Å². The fraction of sp³-hybridized carbons (Fsp3) is 0.190. The number of rotatable bonds is 9. The van der Waals surface area contributed by atoms with Gasteiger partial charge in [-0.3, -0.25) is 5.10 Å². The van der Waals surface area contributed by atoms with Crippen LogP contribution in [0.25, 0.3) is 17.5 Å². The molecule has 0 aliphatic carbocycles. The molecule has 0 spiro atoms. The average molecular weight is 443 g/mol. The van der Waals surface area contributed by atoms with Crippen LogP contribution in [0.5, 0.6) is 23.0 Å². The van der Waals surface area contributed by atoms with Gasteiger partial charge in [-0.2, -0.15) is 0 Å². The third-order valence-electron chi connectivity index (χ3n) is 4.23. The van der Waals surface area contributed by atoms with E-state index in [0.29, 0.717) is 39.9 Å². The summed E-state index contributed by atoms with van der Waals surface area (Å²) >= 11 is 0.909. The number of aliphatic carboxylic acids is 1. The molecule has 0 atom stereocenters. The molecule has 0 fully saturated rings. The molecule has 2 N–H and O–H groups in total. The summed E-state index contributed by atoms with van der Waals surface area (Å²) in [5, 5.41) is 16.9. The second-order valence-electron chi connectivity index (χ2n) is 6.09. The lowest BCUT2D eigenvalue weighted by atomic mass is 10.1. The van der Waals surface area contributed by atoms with Crippen LogP contribution in [0.15, 0.2) is 46.5 Å². The molecule has 0 aliphatic rings. The summed E-state index contributed by atoms with van der Waals surface area (Å²) in [5.41, 5.74) is 1.24.